The van der Waals surface area contributed by atoms with Crippen LogP contribution in [0.15, 0.2) is 66.7 Å². The lowest BCUT2D eigenvalue weighted by molar-refractivity contribution is -0.191. The predicted octanol–water partition coefficient (Wildman–Crippen LogP) is 8.39. The van der Waals surface area contributed by atoms with Gasteiger partial charge in [0, 0.05) is 0 Å². The van der Waals surface area contributed by atoms with Crippen LogP contribution in [0.25, 0.3) is 32.3 Å². The highest BCUT2D eigenvalue weighted by Gasteiger charge is 2.57. The lowest BCUT2D eigenvalue weighted by atomic mass is 9.50. The highest BCUT2D eigenvalue weighted by Crippen LogP contribution is 2.58. The van der Waals surface area contributed by atoms with E-state index in [0.717, 1.165) is 37.7 Å². The Morgan fingerprint density at radius 3 is 1.75 bits per heavy atom. The molecule has 0 amide bonds. The van der Waals surface area contributed by atoms with Crippen LogP contribution in [0.5, 0.6) is 0 Å². The molecular weight excluding hydrogens is 496 g/mol. The van der Waals surface area contributed by atoms with E-state index in [2.05, 4.69) is 66.7 Å². The monoisotopic (exact) mass is 534 g/mol. The molecule has 4 aliphatic rings. The second-order valence-electron chi connectivity index (χ2n) is 12.7. The third-order valence-corrected chi connectivity index (χ3v) is 10.4. The largest absolute Gasteiger partial charge is 0.462 e. The van der Waals surface area contributed by atoms with Gasteiger partial charge in [-0.25, -0.2) is 0 Å². The maximum atomic E-state index is 13.6. The van der Waals surface area contributed by atoms with Crippen LogP contribution in [-0.4, -0.2) is 18.0 Å². The van der Waals surface area contributed by atoms with Crippen molar-refractivity contribution in [1.82, 2.24) is 0 Å². The Hall–Kier alpha value is -3.40. The minimum atomic E-state index is -0.316. The fourth-order valence-corrected chi connectivity index (χ4v) is 8.33. The van der Waals surface area contributed by atoms with Crippen molar-refractivity contribution in [2.75, 3.05) is 0 Å². The first-order chi connectivity index (χ1) is 19.4. The van der Waals surface area contributed by atoms with E-state index in [4.69, 9.17) is 9.47 Å². The molecule has 0 N–H and O–H groups in total. The molecule has 0 heterocycles. The van der Waals surface area contributed by atoms with Crippen LogP contribution in [0, 0.1) is 35.5 Å². The van der Waals surface area contributed by atoms with Gasteiger partial charge in [-0.15, -0.1) is 0 Å². The third-order valence-electron chi connectivity index (χ3n) is 10.4. The molecule has 2 unspecified atom stereocenters. The smallest absolute Gasteiger partial charge is 0.310 e. The van der Waals surface area contributed by atoms with Gasteiger partial charge in [-0.05, 0) is 107 Å². The molecule has 0 radical (unpaired) electrons. The zero-order valence-corrected chi connectivity index (χ0v) is 23.6. The summed E-state index contributed by atoms with van der Waals surface area (Å²) in [5.74, 6) is 1.28. The van der Waals surface area contributed by atoms with Crippen molar-refractivity contribution < 1.29 is 19.1 Å². The summed E-state index contributed by atoms with van der Waals surface area (Å²) in [5, 5.41) is 7.39. The van der Waals surface area contributed by atoms with Gasteiger partial charge in [0.2, 0.25) is 0 Å². The van der Waals surface area contributed by atoms with E-state index in [9.17, 15) is 9.59 Å². The van der Waals surface area contributed by atoms with E-state index in [0.29, 0.717) is 23.7 Å². The molecule has 4 nitrogen and oxygen atoms in total. The molecule has 0 saturated heterocycles. The molecule has 4 saturated carbocycles. The number of carbonyl (C=O) groups is 2. The molecule has 0 spiro atoms. The fourth-order valence-electron chi connectivity index (χ4n) is 8.33. The van der Waals surface area contributed by atoms with E-state index < -0.39 is 0 Å². The SMILES string of the molecule is CCC(C)C(=O)OC1C2CC3CC1CC(C2)C3C(=O)OC(C)c1ccc2c3ccccc3c3ccccc3c2c1. The van der Waals surface area contributed by atoms with Gasteiger partial charge in [0.05, 0.1) is 11.8 Å². The number of ether oxygens (including phenoxy) is 2. The van der Waals surface area contributed by atoms with Crippen molar-refractivity contribution in [3.05, 3.63) is 72.3 Å². The first-order valence-electron chi connectivity index (χ1n) is 15.2. The Kier molecular flexibility index (Phi) is 6.33. The average molecular weight is 535 g/mol. The van der Waals surface area contributed by atoms with E-state index in [1.807, 2.05) is 20.8 Å². The molecule has 4 aromatic rings. The van der Waals surface area contributed by atoms with E-state index in [-0.39, 0.29) is 36.0 Å². The summed E-state index contributed by atoms with van der Waals surface area (Å²) in [7, 11) is 0. The summed E-state index contributed by atoms with van der Waals surface area (Å²) in [6, 6.07) is 23.7. The fraction of sp³-hybridized carbons (Fsp3) is 0.444. The van der Waals surface area contributed by atoms with Crippen LogP contribution in [0.4, 0.5) is 0 Å². The average Bonchev–Trinajstić information content (AvgIpc) is 2.97. The Morgan fingerprint density at radius 1 is 0.725 bits per heavy atom. The van der Waals surface area contributed by atoms with Crippen molar-refractivity contribution >= 4 is 44.3 Å². The van der Waals surface area contributed by atoms with Crippen molar-refractivity contribution in [2.24, 2.45) is 35.5 Å². The van der Waals surface area contributed by atoms with Crippen LogP contribution in [-0.2, 0) is 19.1 Å². The Balaban J connectivity index is 1.10. The van der Waals surface area contributed by atoms with E-state index in [1.54, 1.807) is 0 Å². The first kappa shape index (κ1) is 25.6. The Labute approximate surface area is 236 Å². The Bertz CT molecular complexity index is 1550. The van der Waals surface area contributed by atoms with E-state index >= 15 is 0 Å². The van der Waals surface area contributed by atoms with Crippen molar-refractivity contribution in [3.63, 3.8) is 0 Å². The van der Waals surface area contributed by atoms with Crippen LogP contribution >= 0.6 is 0 Å². The lowest BCUT2D eigenvalue weighted by Gasteiger charge is -2.56. The predicted molar refractivity (Wildman–Crippen MR) is 159 cm³/mol. The van der Waals surface area contributed by atoms with Gasteiger partial charge in [-0.3, -0.25) is 9.59 Å². The molecule has 4 heteroatoms. The number of rotatable bonds is 6. The van der Waals surface area contributed by atoms with Gasteiger partial charge < -0.3 is 9.47 Å². The summed E-state index contributed by atoms with van der Waals surface area (Å²) in [6.07, 6.45) is 4.39. The molecule has 0 aliphatic heterocycles. The summed E-state index contributed by atoms with van der Waals surface area (Å²) < 4.78 is 12.3. The van der Waals surface area contributed by atoms with Gasteiger partial charge in [-0.2, -0.15) is 0 Å². The summed E-state index contributed by atoms with van der Waals surface area (Å²) in [5.41, 5.74) is 1.03. The second-order valence-corrected chi connectivity index (χ2v) is 12.7. The summed E-state index contributed by atoms with van der Waals surface area (Å²) >= 11 is 0. The standard InChI is InChI=1S/C36H38O4/c1-4-20(2)35(37)40-34-25-15-23-16-26(34)18-24(17-25)33(23)36(38)39-21(3)22-13-14-31-29-11-6-5-9-27(29)28-10-7-8-12-30(28)32(31)19-22/h5-14,19-21,23-26,33-34H,4,15-18H2,1-3H3. The second kappa shape index (κ2) is 9.90. The molecule has 206 valence electrons. The number of esters is 2. The van der Waals surface area contributed by atoms with Crippen molar-refractivity contribution in [2.45, 2.75) is 65.1 Å². The van der Waals surface area contributed by atoms with Crippen LogP contribution in [0.3, 0.4) is 0 Å². The van der Waals surface area contributed by atoms with Gasteiger partial charge in [-0.1, -0.05) is 74.5 Å². The maximum Gasteiger partial charge on any atom is 0.310 e. The van der Waals surface area contributed by atoms with Crippen LogP contribution < -0.4 is 0 Å². The lowest BCUT2D eigenvalue weighted by Crippen LogP contribution is -2.56. The van der Waals surface area contributed by atoms with Crippen LogP contribution in [0.1, 0.15) is 64.5 Å². The highest BCUT2D eigenvalue weighted by atomic mass is 16.5. The summed E-state index contributed by atoms with van der Waals surface area (Å²) in [6.45, 7) is 5.98. The van der Waals surface area contributed by atoms with E-state index in [1.165, 1.54) is 32.3 Å². The highest BCUT2D eigenvalue weighted by molar-refractivity contribution is 6.25. The van der Waals surface area contributed by atoms with Crippen molar-refractivity contribution in [3.8, 4) is 0 Å². The molecular formula is C36H38O4. The first-order valence-corrected chi connectivity index (χ1v) is 15.2. The number of hydrogen-bond donors (Lipinski definition) is 0. The number of hydrogen-bond acceptors (Lipinski definition) is 4. The summed E-state index contributed by atoms with van der Waals surface area (Å²) in [4.78, 5) is 26.2. The molecule has 0 aromatic heterocycles. The zero-order valence-electron chi connectivity index (χ0n) is 23.6. The van der Waals surface area contributed by atoms with Gasteiger partial charge in [0.25, 0.3) is 0 Å². The Morgan fingerprint density at radius 2 is 1.23 bits per heavy atom. The van der Waals surface area contributed by atoms with Crippen molar-refractivity contribution in [1.29, 1.82) is 0 Å². The maximum absolute atomic E-state index is 13.6. The molecule has 40 heavy (non-hydrogen) atoms. The molecule has 4 aliphatic carbocycles. The molecule has 2 atom stereocenters. The molecule has 4 aromatic carbocycles. The number of fused-ring (bicyclic) bond motifs is 6. The molecule has 4 fully saturated rings. The quantitative estimate of drug-likeness (QED) is 0.184. The molecule has 4 bridgehead atoms. The van der Waals surface area contributed by atoms with Crippen LogP contribution in [0.2, 0.25) is 0 Å². The topological polar surface area (TPSA) is 52.6 Å². The normalized spacial score (nSPS) is 28.6. The van der Waals surface area contributed by atoms with Gasteiger partial charge >= 0.3 is 11.9 Å². The zero-order chi connectivity index (χ0) is 27.5. The third kappa shape index (κ3) is 4.10. The number of carbonyl (C=O) groups excluding carboxylic acids is 2. The minimum Gasteiger partial charge on any atom is -0.462 e. The molecule has 8 rings (SSSR count). The number of benzene rings is 4. The van der Waals surface area contributed by atoms with Gasteiger partial charge in [0.15, 0.2) is 0 Å². The van der Waals surface area contributed by atoms with Gasteiger partial charge in [0.1, 0.15) is 12.2 Å². The minimum absolute atomic E-state index is 0.0356.